The fourth-order valence-electron chi connectivity index (χ4n) is 2.37. The molecule has 1 fully saturated rings. The van der Waals surface area contributed by atoms with Gasteiger partial charge in [-0.05, 0) is 13.8 Å². The maximum Gasteiger partial charge on any atom is 0.242 e. The maximum absolute atomic E-state index is 12.1. The first-order valence-corrected chi connectivity index (χ1v) is 6.20. The van der Waals surface area contributed by atoms with Crippen LogP contribution in [0.5, 0.6) is 0 Å². The molecule has 1 aliphatic rings. The van der Waals surface area contributed by atoms with Gasteiger partial charge in [-0.1, -0.05) is 0 Å². The summed E-state index contributed by atoms with van der Waals surface area (Å²) in [5.41, 5.74) is 5.85. The molecular formula is C12H21N5O. The summed E-state index contributed by atoms with van der Waals surface area (Å²) in [6, 6.07) is 0. The Morgan fingerprint density at radius 1 is 1.39 bits per heavy atom. The molecule has 18 heavy (non-hydrogen) atoms. The molecule has 1 amide bonds. The Hall–Kier alpha value is -1.56. The average Bonchev–Trinajstić information content (AvgIpc) is 2.71. The van der Waals surface area contributed by atoms with Gasteiger partial charge in [0.2, 0.25) is 5.91 Å². The van der Waals surface area contributed by atoms with Gasteiger partial charge in [-0.25, -0.2) is 0 Å². The molecule has 2 N–H and O–H groups in total. The number of hydrogen-bond acceptors (Lipinski definition) is 4. The summed E-state index contributed by atoms with van der Waals surface area (Å²) in [5, 5.41) is 4.15. The molecule has 0 radical (unpaired) electrons. The number of anilines is 1. The third kappa shape index (κ3) is 2.33. The lowest BCUT2D eigenvalue weighted by molar-refractivity contribution is -0.147. The van der Waals surface area contributed by atoms with Crippen molar-refractivity contribution in [3.8, 4) is 0 Å². The minimum Gasteiger partial charge on any atom is -0.396 e. The molecule has 0 bridgehead atoms. The van der Waals surface area contributed by atoms with Crippen molar-refractivity contribution >= 4 is 11.6 Å². The fourth-order valence-corrected chi connectivity index (χ4v) is 2.37. The number of hydrogen-bond donors (Lipinski definition) is 1. The van der Waals surface area contributed by atoms with E-state index in [0.717, 1.165) is 26.2 Å². The number of nitrogens with zero attached hydrogens (tertiary/aromatic N) is 4. The monoisotopic (exact) mass is 251 g/mol. The Labute approximate surface area is 107 Å². The number of carbonyl (C=O) groups excluding carboxylic acids is 1. The molecule has 0 aromatic carbocycles. The Morgan fingerprint density at radius 3 is 2.72 bits per heavy atom. The topological polar surface area (TPSA) is 67.4 Å². The largest absolute Gasteiger partial charge is 0.396 e. The highest BCUT2D eigenvalue weighted by atomic mass is 16.2. The van der Waals surface area contributed by atoms with Crippen molar-refractivity contribution in [1.82, 2.24) is 19.6 Å². The van der Waals surface area contributed by atoms with Crippen LogP contribution in [0.4, 0.5) is 5.69 Å². The molecule has 1 aromatic rings. The van der Waals surface area contributed by atoms with Crippen LogP contribution < -0.4 is 5.73 Å². The number of likely N-dealkylation sites (N-methyl/N-ethyl adjacent to an activating group) is 1. The van der Waals surface area contributed by atoms with Gasteiger partial charge < -0.3 is 10.6 Å². The lowest BCUT2D eigenvalue weighted by Gasteiger charge is -2.44. The highest BCUT2D eigenvalue weighted by molar-refractivity contribution is 5.86. The van der Waals surface area contributed by atoms with Crippen LogP contribution in [0.15, 0.2) is 12.4 Å². The number of carbonyl (C=O) groups is 1. The second-order valence-corrected chi connectivity index (χ2v) is 5.31. The van der Waals surface area contributed by atoms with Gasteiger partial charge >= 0.3 is 0 Å². The van der Waals surface area contributed by atoms with E-state index in [1.165, 1.54) is 0 Å². The Bertz CT molecular complexity index is 439. The molecule has 1 aromatic heterocycles. The van der Waals surface area contributed by atoms with Crippen molar-refractivity contribution < 1.29 is 4.79 Å². The smallest absolute Gasteiger partial charge is 0.242 e. The molecule has 2 heterocycles. The van der Waals surface area contributed by atoms with Crippen LogP contribution >= 0.6 is 0 Å². The Morgan fingerprint density at radius 2 is 2.11 bits per heavy atom. The molecule has 0 atom stereocenters. The first-order valence-electron chi connectivity index (χ1n) is 6.20. The molecule has 1 saturated heterocycles. The third-order valence-corrected chi connectivity index (χ3v) is 3.62. The van der Waals surface area contributed by atoms with Gasteiger partial charge in [0.15, 0.2) is 0 Å². The molecule has 1 aliphatic heterocycles. The Balaban J connectivity index is 1.99. The van der Waals surface area contributed by atoms with E-state index in [2.05, 4.69) is 10.00 Å². The number of nitrogens with two attached hydrogens (primary N) is 1. The summed E-state index contributed by atoms with van der Waals surface area (Å²) in [5.74, 6) is 0.175. The summed E-state index contributed by atoms with van der Waals surface area (Å²) < 4.78 is 1.81. The first-order chi connectivity index (χ1) is 8.41. The SMILES string of the molecule is CN1CCN(CCn2cc(N)cn2)C(C)(C)C1=O. The van der Waals surface area contributed by atoms with E-state index in [-0.39, 0.29) is 5.91 Å². The van der Waals surface area contributed by atoms with Crippen molar-refractivity contribution in [3.05, 3.63) is 12.4 Å². The fraction of sp³-hybridized carbons (Fsp3) is 0.667. The number of nitrogen functional groups attached to an aromatic ring is 1. The second kappa shape index (κ2) is 4.61. The molecular weight excluding hydrogens is 230 g/mol. The third-order valence-electron chi connectivity index (χ3n) is 3.62. The summed E-state index contributed by atoms with van der Waals surface area (Å²) >= 11 is 0. The number of amides is 1. The van der Waals surface area contributed by atoms with Crippen molar-refractivity contribution in [2.24, 2.45) is 0 Å². The van der Waals surface area contributed by atoms with Gasteiger partial charge in [0.05, 0.1) is 24.0 Å². The summed E-state index contributed by atoms with van der Waals surface area (Å²) in [4.78, 5) is 16.1. The second-order valence-electron chi connectivity index (χ2n) is 5.31. The van der Waals surface area contributed by atoms with E-state index in [1.54, 1.807) is 11.1 Å². The normalized spacial score (nSPS) is 20.4. The van der Waals surface area contributed by atoms with E-state index >= 15 is 0 Å². The predicted octanol–water partition coefficient (Wildman–Crippen LogP) is 0.0179. The predicted molar refractivity (Wildman–Crippen MR) is 69.9 cm³/mol. The van der Waals surface area contributed by atoms with E-state index in [1.807, 2.05) is 31.8 Å². The minimum absolute atomic E-state index is 0.175. The summed E-state index contributed by atoms with van der Waals surface area (Å²) in [6.07, 6.45) is 3.45. The highest BCUT2D eigenvalue weighted by Crippen LogP contribution is 2.21. The van der Waals surface area contributed by atoms with Crippen LogP contribution in [-0.4, -0.2) is 57.7 Å². The van der Waals surface area contributed by atoms with E-state index in [0.29, 0.717) is 5.69 Å². The molecule has 2 rings (SSSR count). The molecule has 100 valence electrons. The van der Waals surface area contributed by atoms with Gasteiger partial charge in [-0.3, -0.25) is 14.4 Å². The lowest BCUT2D eigenvalue weighted by atomic mass is 9.98. The zero-order valence-corrected chi connectivity index (χ0v) is 11.3. The van der Waals surface area contributed by atoms with Gasteiger partial charge in [0.1, 0.15) is 0 Å². The van der Waals surface area contributed by atoms with Crippen molar-refractivity contribution in [2.45, 2.75) is 25.9 Å². The lowest BCUT2D eigenvalue weighted by Crippen LogP contribution is -2.62. The number of rotatable bonds is 3. The molecule has 0 saturated carbocycles. The molecule has 0 aliphatic carbocycles. The van der Waals surface area contributed by atoms with Crippen molar-refractivity contribution in [3.63, 3.8) is 0 Å². The summed E-state index contributed by atoms with van der Waals surface area (Å²) in [7, 11) is 1.86. The van der Waals surface area contributed by atoms with E-state index in [4.69, 9.17) is 5.73 Å². The highest BCUT2D eigenvalue weighted by Gasteiger charge is 2.39. The Kier molecular flexibility index (Phi) is 3.30. The zero-order chi connectivity index (χ0) is 13.3. The zero-order valence-electron chi connectivity index (χ0n) is 11.3. The van der Waals surface area contributed by atoms with Crippen LogP contribution in [0.25, 0.3) is 0 Å². The average molecular weight is 251 g/mol. The standard InChI is InChI=1S/C12H21N5O/c1-12(2)11(18)15(3)4-5-16(12)6-7-17-9-10(13)8-14-17/h8-9H,4-7,13H2,1-3H3. The maximum atomic E-state index is 12.1. The van der Waals surface area contributed by atoms with Crippen LogP contribution in [0.2, 0.25) is 0 Å². The van der Waals surface area contributed by atoms with Gasteiger partial charge in [0, 0.05) is 32.9 Å². The van der Waals surface area contributed by atoms with Crippen molar-refractivity contribution in [2.75, 3.05) is 32.4 Å². The van der Waals surface area contributed by atoms with Crippen LogP contribution in [-0.2, 0) is 11.3 Å². The molecule has 0 spiro atoms. The number of piperazine rings is 1. The number of aromatic nitrogens is 2. The van der Waals surface area contributed by atoms with Crippen LogP contribution in [0.1, 0.15) is 13.8 Å². The van der Waals surface area contributed by atoms with E-state index in [9.17, 15) is 4.79 Å². The first kappa shape index (κ1) is 12.9. The summed E-state index contributed by atoms with van der Waals surface area (Å²) in [6.45, 7) is 7.17. The van der Waals surface area contributed by atoms with Gasteiger partial charge in [-0.2, -0.15) is 5.10 Å². The van der Waals surface area contributed by atoms with Gasteiger partial charge in [-0.15, -0.1) is 0 Å². The molecule has 0 unspecified atom stereocenters. The molecule has 6 heteroatoms. The van der Waals surface area contributed by atoms with Crippen molar-refractivity contribution in [1.29, 1.82) is 0 Å². The molecule has 6 nitrogen and oxygen atoms in total. The van der Waals surface area contributed by atoms with Crippen LogP contribution in [0, 0.1) is 0 Å². The van der Waals surface area contributed by atoms with E-state index < -0.39 is 5.54 Å². The van der Waals surface area contributed by atoms with Gasteiger partial charge in [0.25, 0.3) is 0 Å². The quantitative estimate of drug-likeness (QED) is 0.822. The van der Waals surface area contributed by atoms with Crippen LogP contribution in [0.3, 0.4) is 0 Å². The minimum atomic E-state index is -0.439.